The van der Waals surface area contributed by atoms with Gasteiger partial charge in [-0.3, -0.25) is 4.79 Å². The number of nitrogens with one attached hydrogen (secondary N) is 1. The highest BCUT2D eigenvalue weighted by atomic mass is 35.5. The third-order valence-electron chi connectivity index (χ3n) is 2.46. The SMILES string of the molecule is O=C(O)c1ccc(O)c(NC(=O)c2cc(Cl)nnc2Cl)c1. The van der Waals surface area contributed by atoms with E-state index in [1.807, 2.05) is 0 Å². The van der Waals surface area contributed by atoms with Crippen molar-refractivity contribution in [3.8, 4) is 5.75 Å². The number of carbonyl (C=O) groups excluding carboxylic acids is 1. The molecule has 2 rings (SSSR count). The summed E-state index contributed by atoms with van der Waals surface area (Å²) < 4.78 is 0. The van der Waals surface area contributed by atoms with Crippen LogP contribution in [-0.4, -0.2) is 32.3 Å². The molecule has 7 nitrogen and oxygen atoms in total. The summed E-state index contributed by atoms with van der Waals surface area (Å²) >= 11 is 11.4. The highest BCUT2D eigenvalue weighted by Crippen LogP contribution is 2.26. The number of aromatic hydroxyl groups is 1. The molecule has 21 heavy (non-hydrogen) atoms. The van der Waals surface area contributed by atoms with Crippen LogP contribution < -0.4 is 5.32 Å². The van der Waals surface area contributed by atoms with E-state index < -0.39 is 11.9 Å². The number of hydrogen-bond donors (Lipinski definition) is 3. The number of aromatic nitrogens is 2. The molecule has 0 fully saturated rings. The fourth-order valence-corrected chi connectivity index (χ4v) is 1.80. The van der Waals surface area contributed by atoms with Gasteiger partial charge in [-0.05, 0) is 24.3 Å². The first-order chi connectivity index (χ1) is 9.88. The molecule has 1 aromatic heterocycles. The highest BCUT2D eigenvalue weighted by molar-refractivity contribution is 6.34. The van der Waals surface area contributed by atoms with Crippen LogP contribution in [0.2, 0.25) is 10.3 Å². The number of nitrogens with zero attached hydrogens (tertiary/aromatic N) is 2. The van der Waals surface area contributed by atoms with E-state index in [9.17, 15) is 14.7 Å². The summed E-state index contributed by atoms with van der Waals surface area (Å²) in [6.45, 7) is 0. The second-order valence-electron chi connectivity index (χ2n) is 3.86. The number of anilines is 1. The van der Waals surface area contributed by atoms with Gasteiger partial charge >= 0.3 is 5.97 Å². The number of benzene rings is 1. The van der Waals surface area contributed by atoms with Gasteiger partial charge in [-0.15, -0.1) is 10.2 Å². The molecule has 0 saturated heterocycles. The van der Waals surface area contributed by atoms with Crippen molar-refractivity contribution in [2.45, 2.75) is 0 Å². The van der Waals surface area contributed by atoms with Crippen LogP contribution in [0.15, 0.2) is 24.3 Å². The van der Waals surface area contributed by atoms with Gasteiger partial charge in [0.25, 0.3) is 5.91 Å². The normalized spacial score (nSPS) is 10.2. The minimum Gasteiger partial charge on any atom is -0.506 e. The average molecular weight is 328 g/mol. The Morgan fingerprint density at radius 3 is 2.52 bits per heavy atom. The largest absolute Gasteiger partial charge is 0.506 e. The Hall–Kier alpha value is -2.38. The van der Waals surface area contributed by atoms with Crippen LogP contribution in [0, 0.1) is 0 Å². The molecule has 0 aliphatic rings. The number of phenolic OH excluding ortho intramolecular Hbond substituents is 1. The summed E-state index contributed by atoms with van der Waals surface area (Å²) in [5.41, 5.74) is -0.235. The summed E-state index contributed by atoms with van der Waals surface area (Å²) in [6, 6.07) is 4.66. The minimum atomic E-state index is -1.20. The molecule has 0 aliphatic heterocycles. The van der Waals surface area contributed by atoms with Gasteiger partial charge in [0.05, 0.1) is 16.8 Å². The molecule has 3 N–H and O–H groups in total. The van der Waals surface area contributed by atoms with E-state index in [1.165, 1.54) is 12.1 Å². The number of halogens is 2. The lowest BCUT2D eigenvalue weighted by Gasteiger charge is -2.09. The van der Waals surface area contributed by atoms with Crippen molar-refractivity contribution in [2.24, 2.45) is 0 Å². The van der Waals surface area contributed by atoms with Crippen LogP contribution in [0.4, 0.5) is 5.69 Å². The fraction of sp³-hybridized carbons (Fsp3) is 0. The van der Waals surface area contributed by atoms with Crippen molar-refractivity contribution in [3.63, 3.8) is 0 Å². The van der Waals surface area contributed by atoms with Gasteiger partial charge in [-0.25, -0.2) is 4.79 Å². The predicted octanol–water partition coefficient (Wildman–Crippen LogP) is 2.44. The van der Waals surface area contributed by atoms with Crippen molar-refractivity contribution in [1.29, 1.82) is 0 Å². The molecule has 0 saturated carbocycles. The number of amides is 1. The van der Waals surface area contributed by atoms with Gasteiger partial charge in [0, 0.05) is 0 Å². The number of hydrogen-bond acceptors (Lipinski definition) is 5. The molecule has 0 atom stereocenters. The van der Waals surface area contributed by atoms with Crippen molar-refractivity contribution in [2.75, 3.05) is 5.32 Å². The number of aromatic carboxylic acids is 1. The van der Waals surface area contributed by atoms with Crippen molar-refractivity contribution < 1.29 is 19.8 Å². The highest BCUT2D eigenvalue weighted by Gasteiger charge is 2.16. The topological polar surface area (TPSA) is 112 Å². The number of rotatable bonds is 3. The van der Waals surface area contributed by atoms with Crippen LogP contribution in [0.3, 0.4) is 0 Å². The van der Waals surface area contributed by atoms with Gasteiger partial charge < -0.3 is 15.5 Å². The van der Waals surface area contributed by atoms with Crippen LogP contribution in [-0.2, 0) is 0 Å². The summed E-state index contributed by atoms with van der Waals surface area (Å²) in [7, 11) is 0. The Morgan fingerprint density at radius 1 is 1.14 bits per heavy atom. The maximum absolute atomic E-state index is 12.0. The third-order valence-corrected chi connectivity index (χ3v) is 2.92. The Labute approximate surface area is 128 Å². The molecule has 0 bridgehead atoms. The first-order valence-corrected chi connectivity index (χ1v) is 6.20. The molecule has 0 aliphatic carbocycles. The summed E-state index contributed by atoms with van der Waals surface area (Å²) in [5, 5.41) is 27.6. The Kier molecular flexibility index (Phi) is 4.25. The first kappa shape index (κ1) is 15.0. The van der Waals surface area contributed by atoms with E-state index in [0.29, 0.717) is 0 Å². The lowest BCUT2D eigenvalue weighted by Crippen LogP contribution is -2.14. The van der Waals surface area contributed by atoms with Crippen molar-refractivity contribution in [1.82, 2.24) is 10.2 Å². The standard InChI is InChI=1S/C12H7Cl2N3O4/c13-9-4-6(10(14)17-16-9)11(19)15-7-3-5(12(20)21)1-2-8(7)18/h1-4,18H,(H,15,19)(H,20,21). The van der Waals surface area contributed by atoms with Crippen molar-refractivity contribution >= 4 is 40.8 Å². The average Bonchev–Trinajstić information content (AvgIpc) is 2.43. The van der Waals surface area contributed by atoms with E-state index in [2.05, 4.69) is 15.5 Å². The Balaban J connectivity index is 2.33. The number of carboxylic acids is 1. The van der Waals surface area contributed by atoms with Crippen LogP contribution in [0.25, 0.3) is 0 Å². The number of carbonyl (C=O) groups is 2. The quantitative estimate of drug-likeness (QED) is 0.746. The summed E-state index contributed by atoms with van der Waals surface area (Å²) in [6.07, 6.45) is 0. The van der Waals surface area contributed by atoms with Crippen LogP contribution in [0.1, 0.15) is 20.7 Å². The molecule has 1 aromatic carbocycles. The zero-order valence-electron chi connectivity index (χ0n) is 10.2. The van der Waals surface area contributed by atoms with Crippen molar-refractivity contribution in [3.05, 3.63) is 45.7 Å². The summed E-state index contributed by atoms with van der Waals surface area (Å²) in [5.74, 6) is -2.20. The van der Waals surface area contributed by atoms with Gasteiger partial charge in [0.2, 0.25) is 0 Å². The molecule has 1 amide bonds. The fourth-order valence-electron chi connectivity index (χ4n) is 1.47. The summed E-state index contributed by atoms with van der Waals surface area (Å²) in [4.78, 5) is 22.9. The first-order valence-electron chi connectivity index (χ1n) is 5.45. The Morgan fingerprint density at radius 2 is 1.86 bits per heavy atom. The lowest BCUT2D eigenvalue weighted by atomic mass is 10.2. The zero-order chi connectivity index (χ0) is 15.6. The molecule has 0 radical (unpaired) electrons. The molecule has 0 unspecified atom stereocenters. The van der Waals surface area contributed by atoms with E-state index in [-0.39, 0.29) is 32.9 Å². The lowest BCUT2D eigenvalue weighted by molar-refractivity contribution is 0.0696. The smallest absolute Gasteiger partial charge is 0.335 e. The number of carboxylic acid groups (broad SMARTS) is 1. The van der Waals surface area contributed by atoms with Gasteiger partial charge in [-0.2, -0.15) is 0 Å². The van der Waals surface area contributed by atoms with Crippen LogP contribution in [0.5, 0.6) is 5.75 Å². The van der Waals surface area contributed by atoms with E-state index in [1.54, 1.807) is 0 Å². The van der Waals surface area contributed by atoms with E-state index in [0.717, 1.165) is 12.1 Å². The molecule has 1 heterocycles. The number of phenols is 1. The van der Waals surface area contributed by atoms with Gasteiger partial charge in [0.1, 0.15) is 5.75 Å². The zero-order valence-corrected chi connectivity index (χ0v) is 11.7. The molecule has 108 valence electrons. The van der Waals surface area contributed by atoms with Gasteiger partial charge in [0.15, 0.2) is 10.3 Å². The predicted molar refractivity (Wildman–Crippen MR) is 75.1 cm³/mol. The minimum absolute atomic E-state index is 0.0342. The van der Waals surface area contributed by atoms with E-state index in [4.69, 9.17) is 28.3 Å². The molecule has 0 spiro atoms. The van der Waals surface area contributed by atoms with E-state index >= 15 is 0 Å². The monoisotopic (exact) mass is 327 g/mol. The maximum Gasteiger partial charge on any atom is 0.335 e. The van der Waals surface area contributed by atoms with Crippen LogP contribution >= 0.6 is 23.2 Å². The molecular weight excluding hydrogens is 321 g/mol. The Bertz CT molecular complexity index is 736. The molecule has 9 heteroatoms. The maximum atomic E-state index is 12.0. The second-order valence-corrected chi connectivity index (χ2v) is 4.61. The third kappa shape index (κ3) is 3.39. The molecular formula is C12H7Cl2N3O4. The van der Waals surface area contributed by atoms with Gasteiger partial charge in [-0.1, -0.05) is 23.2 Å². The molecule has 2 aromatic rings. The second kappa shape index (κ2) is 5.94.